The molecule has 2 nitrogen and oxygen atoms in total. The minimum Gasteiger partial charge on any atom is -0.407 e. The van der Waals surface area contributed by atoms with Crippen molar-refractivity contribution in [1.82, 2.24) is 0 Å². The van der Waals surface area contributed by atoms with E-state index in [1.165, 1.54) is 0 Å². The Morgan fingerprint density at radius 2 is 0.841 bits per heavy atom. The zero-order chi connectivity index (χ0) is 31.2. The van der Waals surface area contributed by atoms with E-state index in [1.807, 2.05) is 48.5 Å². The number of hydrogen-bond donors (Lipinski definition) is 0. The second-order valence-electron chi connectivity index (χ2n) is 7.94. The van der Waals surface area contributed by atoms with E-state index in [0.717, 1.165) is 33.4 Å². The summed E-state index contributed by atoms with van der Waals surface area (Å²) >= 11 is 12.8. The molecule has 0 bridgehead atoms. The topological polar surface area (TPSA) is 18.5 Å². The number of halogens is 2. The van der Waals surface area contributed by atoms with Gasteiger partial charge in [-0.2, -0.15) is 0 Å². The Morgan fingerprint density at radius 1 is 0.477 bits per heavy atom. The Hall–Kier alpha value is -6.56. The van der Waals surface area contributed by atoms with Crippen molar-refractivity contribution in [2.45, 2.75) is 11.8 Å². The first-order chi connectivity index (χ1) is 21.7. The molecule has 0 fully saturated rings. The van der Waals surface area contributed by atoms with E-state index in [-0.39, 0.29) is 11.8 Å². The zero-order valence-electron chi connectivity index (χ0n) is 22.9. The number of ether oxygens (including phenoxy) is 2. The van der Waals surface area contributed by atoms with Crippen LogP contribution in [0, 0.1) is 120 Å². The van der Waals surface area contributed by atoms with E-state index in [9.17, 15) is 0 Å². The number of hydrogen-bond acceptors (Lipinski definition) is 2. The second-order valence-corrected chi connectivity index (χ2v) is 8.47. The average molecular weight is 599 g/mol. The number of alkyl halides is 2. The van der Waals surface area contributed by atoms with Crippen LogP contribution < -0.4 is 9.47 Å². The van der Waals surface area contributed by atoms with Crippen LogP contribution in [0.15, 0.2) is 60.7 Å². The van der Waals surface area contributed by atoms with Crippen molar-refractivity contribution in [1.29, 1.82) is 0 Å². The Bertz CT molecular complexity index is 2010. The highest BCUT2D eigenvalue weighted by Gasteiger charge is 2.13. The molecule has 0 radical (unpaired) electrons. The first-order valence-corrected chi connectivity index (χ1v) is 13.5. The quantitative estimate of drug-likeness (QED) is 0.239. The van der Waals surface area contributed by atoms with Crippen molar-refractivity contribution in [3.05, 3.63) is 71.8 Å². The van der Waals surface area contributed by atoms with Gasteiger partial charge in [0, 0.05) is 59.1 Å². The Balaban J connectivity index is 1.83. The molecule has 0 unspecified atom stereocenters. The van der Waals surface area contributed by atoms with Crippen LogP contribution in [0.3, 0.4) is 0 Å². The van der Waals surface area contributed by atoms with Gasteiger partial charge < -0.3 is 9.47 Å². The predicted molar refractivity (Wildman–Crippen MR) is 178 cm³/mol. The fourth-order valence-corrected chi connectivity index (χ4v) is 3.95. The number of terminal acetylenes is 2. The molecule has 0 amide bonds. The third-order valence-electron chi connectivity index (χ3n) is 5.24. The third kappa shape index (κ3) is 10.4. The normalized spacial score (nSPS) is 7.82. The molecule has 202 valence electrons. The van der Waals surface area contributed by atoms with Crippen LogP contribution in [-0.2, 0) is 11.8 Å². The first kappa shape index (κ1) is 32.0. The van der Waals surface area contributed by atoms with Gasteiger partial charge in [-0.3, -0.25) is 0 Å². The van der Waals surface area contributed by atoms with Crippen molar-refractivity contribution < 1.29 is 9.47 Å². The summed E-state index contributed by atoms with van der Waals surface area (Å²) in [6.45, 7) is 0. The van der Waals surface area contributed by atoms with Crippen LogP contribution in [0.5, 0.6) is 11.5 Å². The largest absolute Gasteiger partial charge is 0.407 e. The predicted octanol–water partition coefficient (Wildman–Crippen LogP) is 6.46. The van der Waals surface area contributed by atoms with E-state index in [1.54, 1.807) is 12.1 Å². The van der Waals surface area contributed by atoms with Gasteiger partial charge in [-0.15, -0.1) is 36.0 Å². The lowest BCUT2D eigenvalue weighted by atomic mass is 9.91. The molecule has 3 rings (SSSR count). The van der Waals surface area contributed by atoms with Gasteiger partial charge in [0.2, 0.25) is 0 Å². The van der Waals surface area contributed by atoms with Crippen LogP contribution in [0.1, 0.15) is 11.1 Å². The van der Waals surface area contributed by atoms with Gasteiger partial charge in [0.25, 0.3) is 0 Å². The molecule has 0 atom stereocenters. The molecule has 0 aliphatic heterocycles. The number of rotatable bonds is 6. The molecule has 0 saturated heterocycles. The van der Waals surface area contributed by atoms with Crippen LogP contribution in [0.25, 0.3) is 22.3 Å². The maximum absolute atomic E-state index is 6.41. The maximum Gasteiger partial charge on any atom is 0.140 e. The summed E-state index contributed by atoms with van der Waals surface area (Å²) in [6, 6.07) is 19.0. The Labute approximate surface area is 268 Å². The van der Waals surface area contributed by atoms with Gasteiger partial charge in [0.15, 0.2) is 0 Å². The third-order valence-corrected chi connectivity index (χ3v) is 5.82. The smallest absolute Gasteiger partial charge is 0.140 e. The minimum atomic E-state index is 0.273. The molecule has 0 heterocycles. The SMILES string of the molecule is C#CC#CC#CC#CC#COc1cccc(-c2cc(CCl)c(-c3cccc(OC#CC#CC#CC#CC#C)c3)cc2CCl)c1. The number of benzene rings is 3. The fraction of sp³-hybridized carbons (Fsp3) is 0.0500. The van der Waals surface area contributed by atoms with Gasteiger partial charge in [-0.25, -0.2) is 0 Å². The zero-order valence-corrected chi connectivity index (χ0v) is 24.4. The molecule has 0 N–H and O–H groups in total. The molecule has 3 aromatic rings. The molecular formula is C40H16Cl2O2. The first-order valence-electron chi connectivity index (χ1n) is 12.4. The van der Waals surface area contributed by atoms with Crippen molar-refractivity contribution in [2.75, 3.05) is 0 Å². The van der Waals surface area contributed by atoms with Crippen LogP contribution in [0.4, 0.5) is 0 Å². The summed E-state index contributed by atoms with van der Waals surface area (Å²) in [5, 5.41) is 0. The molecule has 0 aliphatic rings. The molecule has 4 heteroatoms. The summed E-state index contributed by atoms with van der Waals surface area (Å²) in [4.78, 5) is 0. The van der Waals surface area contributed by atoms with Gasteiger partial charge >= 0.3 is 0 Å². The van der Waals surface area contributed by atoms with E-state index in [4.69, 9.17) is 45.5 Å². The van der Waals surface area contributed by atoms with E-state index in [0.29, 0.717) is 11.5 Å². The van der Waals surface area contributed by atoms with Crippen LogP contribution in [0.2, 0.25) is 0 Å². The summed E-state index contributed by atoms with van der Waals surface area (Å²) in [7, 11) is 0. The molecule has 0 aliphatic carbocycles. The van der Waals surface area contributed by atoms with Crippen molar-refractivity contribution >= 4 is 23.2 Å². The lowest BCUT2D eigenvalue weighted by Crippen LogP contribution is -1.95. The van der Waals surface area contributed by atoms with E-state index in [2.05, 4.69) is 107 Å². The average Bonchev–Trinajstić information content (AvgIpc) is 3.06. The standard InChI is InChI=1S/C40H16Cl2O2/c1-3-5-7-9-11-13-15-17-25-43-37-23-19-21-33(27-37)39-29-36(32-42)40(30-35(39)31-41)34-22-20-24-38(28-34)44-26-18-16-14-12-10-8-6-4-2/h1-2,19-24,27-30H,31-32H2. The van der Waals surface area contributed by atoms with Crippen LogP contribution >= 0.6 is 23.2 Å². The van der Waals surface area contributed by atoms with Crippen molar-refractivity contribution in [3.63, 3.8) is 0 Å². The summed E-state index contributed by atoms with van der Waals surface area (Å²) < 4.78 is 11.1. The highest BCUT2D eigenvalue weighted by Crippen LogP contribution is 2.36. The van der Waals surface area contributed by atoms with Crippen molar-refractivity contribution in [3.8, 4) is 154 Å². The maximum atomic E-state index is 6.41. The molecular weight excluding hydrogens is 583 g/mol. The van der Waals surface area contributed by atoms with E-state index < -0.39 is 0 Å². The second kappa shape index (κ2) is 18.7. The lowest BCUT2D eigenvalue weighted by Gasteiger charge is -2.16. The molecule has 44 heavy (non-hydrogen) atoms. The highest BCUT2D eigenvalue weighted by molar-refractivity contribution is 6.18. The Kier molecular flexibility index (Phi) is 13.6. The van der Waals surface area contributed by atoms with Gasteiger partial charge in [0.1, 0.15) is 23.7 Å². The van der Waals surface area contributed by atoms with Gasteiger partial charge in [-0.1, -0.05) is 24.3 Å². The lowest BCUT2D eigenvalue weighted by molar-refractivity contribution is 0.520. The Morgan fingerprint density at radius 3 is 1.20 bits per heavy atom. The van der Waals surface area contributed by atoms with Gasteiger partial charge in [0.05, 0.1) is 0 Å². The minimum absolute atomic E-state index is 0.273. The fourth-order valence-electron chi connectivity index (χ4n) is 3.51. The van der Waals surface area contributed by atoms with Crippen molar-refractivity contribution in [2.24, 2.45) is 0 Å². The highest BCUT2D eigenvalue weighted by atomic mass is 35.5. The molecule has 0 spiro atoms. The monoisotopic (exact) mass is 598 g/mol. The summed E-state index contributed by atoms with van der Waals surface area (Å²) in [5.74, 6) is 41.0. The molecule has 3 aromatic carbocycles. The van der Waals surface area contributed by atoms with Crippen LogP contribution in [-0.4, -0.2) is 0 Å². The van der Waals surface area contributed by atoms with E-state index >= 15 is 0 Å². The molecule has 0 aromatic heterocycles. The molecule has 0 saturated carbocycles. The summed E-state index contributed by atoms with van der Waals surface area (Å²) in [5.41, 5.74) is 5.44. The summed E-state index contributed by atoms with van der Waals surface area (Å²) in [6.07, 6.45) is 15.1. The van der Waals surface area contributed by atoms with Gasteiger partial charge in [-0.05, 0) is 117 Å².